The summed E-state index contributed by atoms with van der Waals surface area (Å²) in [5.74, 6) is 0.622. The highest BCUT2D eigenvalue weighted by atomic mass is 16.2. The predicted molar refractivity (Wildman–Crippen MR) is 128 cm³/mol. The van der Waals surface area contributed by atoms with Gasteiger partial charge in [-0.25, -0.2) is 4.98 Å². The number of pyridine rings is 1. The fourth-order valence-corrected chi connectivity index (χ4v) is 3.51. The Kier molecular flexibility index (Phi) is 9.84. The average Bonchev–Trinajstić information content (AvgIpc) is 2.84. The summed E-state index contributed by atoms with van der Waals surface area (Å²) in [6.45, 7) is 2.32. The average molecular weight is 455 g/mol. The number of carbonyl (C=O) groups excluding carboxylic acids is 2. The first-order valence-corrected chi connectivity index (χ1v) is 11.7. The molecule has 2 aromatic heterocycles. The van der Waals surface area contributed by atoms with E-state index in [9.17, 15) is 9.59 Å². The number of nitrogens with zero attached hydrogens (tertiary/aromatic N) is 3. The smallest absolute Gasteiger partial charge is 0.256 e. The third-order valence-corrected chi connectivity index (χ3v) is 5.45. The molecule has 0 fully saturated rings. The van der Waals surface area contributed by atoms with Crippen LogP contribution in [-0.4, -0.2) is 52.4 Å². The van der Waals surface area contributed by atoms with Crippen molar-refractivity contribution < 1.29 is 9.59 Å². The highest BCUT2D eigenvalue weighted by Crippen LogP contribution is 2.15. The molecule has 10 heteroatoms. The Labute approximate surface area is 194 Å². The first-order valence-electron chi connectivity index (χ1n) is 11.7. The lowest BCUT2D eigenvalue weighted by atomic mass is 10.1. The number of fused-ring (bicyclic) bond motifs is 2. The van der Waals surface area contributed by atoms with Crippen molar-refractivity contribution in [3.05, 3.63) is 41.9 Å². The minimum absolute atomic E-state index is 0.0851. The number of anilines is 2. The third-order valence-electron chi connectivity index (χ3n) is 5.45. The van der Waals surface area contributed by atoms with Crippen molar-refractivity contribution in [3.63, 3.8) is 0 Å². The van der Waals surface area contributed by atoms with Crippen LogP contribution in [0.5, 0.6) is 0 Å². The Morgan fingerprint density at radius 3 is 2.55 bits per heavy atom. The molecule has 2 amide bonds. The van der Waals surface area contributed by atoms with Gasteiger partial charge < -0.3 is 27.0 Å². The monoisotopic (exact) mass is 454 g/mol. The van der Waals surface area contributed by atoms with E-state index in [0.717, 1.165) is 50.8 Å². The Hall–Kier alpha value is -3.27. The highest BCUT2D eigenvalue weighted by molar-refractivity contribution is 5.98. The van der Waals surface area contributed by atoms with E-state index in [1.807, 2.05) is 18.2 Å². The van der Waals surface area contributed by atoms with Gasteiger partial charge in [0.2, 0.25) is 11.9 Å². The standard InChI is InChI=1S/C23H34N8O2/c24-19-10-4-8-12-26-20-18(21(32)29-15-17-9-3-7-11-25-17)16-30-23(31-20)28-14-6-2-1-5-13-27-22(19)33/h3,7,9,11,16,19H,1-2,4-6,8,10,12-15,24H2,(H,27,33)(H,29,32)(H2,26,28,30,31). The van der Waals surface area contributed by atoms with Crippen LogP contribution in [0.2, 0.25) is 0 Å². The predicted octanol–water partition coefficient (Wildman–Crippen LogP) is 1.81. The van der Waals surface area contributed by atoms with Crippen LogP contribution in [0.1, 0.15) is 61.0 Å². The fraction of sp³-hybridized carbons (Fsp3) is 0.522. The van der Waals surface area contributed by atoms with E-state index >= 15 is 0 Å². The molecule has 1 aliphatic heterocycles. The van der Waals surface area contributed by atoms with Crippen LogP contribution in [0.4, 0.5) is 11.8 Å². The summed E-state index contributed by atoms with van der Waals surface area (Å²) in [5, 5.41) is 12.3. The molecule has 0 aliphatic carbocycles. The number of nitrogens with one attached hydrogen (secondary N) is 4. The molecule has 6 N–H and O–H groups in total. The maximum atomic E-state index is 12.8. The van der Waals surface area contributed by atoms with Crippen molar-refractivity contribution in [2.75, 3.05) is 30.3 Å². The van der Waals surface area contributed by atoms with E-state index in [0.29, 0.717) is 43.4 Å². The van der Waals surface area contributed by atoms with Crippen LogP contribution in [0, 0.1) is 0 Å². The lowest BCUT2D eigenvalue weighted by Crippen LogP contribution is -2.40. The Balaban J connectivity index is 1.65. The molecule has 2 bridgehead atoms. The topological polar surface area (TPSA) is 147 Å². The van der Waals surface area contributed by atoms with Crippen LogP contribution < -0.4 is 27.0 Å². The summed E-state index contributed by atoms with van der Waals surface area (Å²) in [5.41, 5.74) is 7.15. The molecule has 10 nitrogen and oxygen atoms in total. The SMILES string of the molecule is NC1CCCCNc2nc(ncc2C(=O)NCc2ccccn2)NCCCCCCNC1=O. The number of nitrogens with two attached hydrogens (primary N) is 1. The number of aromatic nitrogens is 3. The second-order valence-corrected chi connectivity index (χ2v) is 8.12. The van der Waals surface area contributed by atoms with Gasteiger partial charge in [0, 0.05) is 32.0 Å². The van der Waals surface area contributed by atoms with Gasteiger partial charge in [0.25, 0.3) is 5.91 Å². The Morgan fingerprint density at radius 2 is 1.76 bits per heavy atom. The summed E-state index contributed by atoms with van der Waals surface area (Å²) >= 11 is 0. The zero-order valence-corrected chi connectivity index (χ0v) is 19.0. The summed E-state index contributed by atoms with van der Waals surface area (Å²) in [6.07, 6.45) is 9.40. The second kappa shape index (κ2) is 13.3. The van der Waals surface area contributed by atoms with Crippen molar-refractivity contribution >= 4 is 23.6 Å². The highest BCUT2D eigenvalue weighted by Gasteiger charge is 2.16. The zero-order chi connectivity index (χ0) is 23.3. The molecule has 0 saturated heterocycles. The molecule has 3 heterocycles. The van der Waals surface area contributed by atoms with Gasteiger partial charge in [-0.2, -0.15) is 4.98 Å². The minimum Gasteiger partial charge on any atom is -0.369 e. The normalized spacial score (nSPS) is 18.6. The Morgan fingerprint density at radius 1 is 1.00 bits per heavy atom. The van der Waals surface area contributed by atoms with E-state index in [1.54, 1.807) is 12.4 Å². The first kappa shape index (κ1) is 24.4. The van der Waals surface area contributed by atoms with Crippen LogP contribution in [-0.2, 0) is 11.3 Å². The van der Waals surface area contributed by atoms with Crippen LogP contribution in [0.25, 0.3) is 0 Å². The van der Waals surface area contributed by atoms with Crippen LogP contribution in [0.15, 0.2) is 30.6 Å². The van der Waals surface area contributed by atoms with Gasteiger partial charge in [0.05, 0.1) is 18.3 Å². The first-order chi connectivity index (χ1) is 16.1. The number of rotatable bonds is 3. The van der Waals surface area contributed by atoms with Crippen molar-refractivity contribution in [2.24, 2.45) is 5.73 Å². The van der Waals surface area contributed by atoms with E-state index in [4.69, 9.17) is 5.73 Å². The van der Waals surface area contributed by atoms with Crippen molar-refractivity contribution in [2.45, 2.75) is 57.5 Å². The molecule has 33 heavy (non-hydrogen) atoms. The molecule has 0 spiro atoms. The van der Waals surface area contributed by atoms with Gasteiger partial charge >= 0.3 is 0 Å². The molecular formula is C23H34N8O2. The summed E-state index contributed by atoms with van der Waals surface area (Å²) < 4.78 is 0. The minimum atomic E-state index is -0.494. The molecule has 3 rings (SSSR count). The summed E-state index contributed by atoms with van der Waals surface area (Å²) in [7, 11) is 0. The summed E-state index contributed by atoms with van der Waals surface area (Å²) in [4.78, 5) is 38.0. The molecular weight excluding hydrogens is 420 g/mol. The number of amides is 2. The molecule has 178 valence electrons. The summed E-state index contributed by atoms with van der Waals surface area (Å²) in [6, 6.07) is 5.07. The van der Waals surface area contributed by atoms with Gasteiger partial charge in [-0.05, 0) is 44.2 Å². The van der Waals surface area contributed by atoms with E-state index in [2.05, 4.69) is 36.2 Å². The van der Waals surface area contributed by atoms with Gasteiger partial charge in [-0.3, -0.25) is 14.6 Å². The van der Waals surface area contributed by atoms with Gasteiger partial charge in [0.1, 0.15) is 11.4 Å². The molecule has 1 atom stereocenters. The van der Waals surface area contributed by atoms with Gasteiger partial charge in [0.15, 0.2) is 0 Å². The molecule has 2 aromatic rings. The van der Waals surface area contributed by atoms with Gasteiger partial charge in [-0.1, -0.05) is 18.9 Å². The van der Waals surface area contributed by atoms with E-state index in [-0.39, 0.29) is 11.8 Å². The number of hydrogen-bond donors (Lipinski definition) is 5. The Bertz CT molecular complexity index is 893. The maximum absolute atomic E-state index is 12.8. The second-order valence-electron chi connectivity index (χ2n) is 8.12. The molecule has 0 saturated carbocycles. The molecule has 1 aliphatic rings. The van der Waals surface area contributed by atoms with Crippen LogP contribution in [0.3, 0.4) is 0 Å². The largest absolute Gasteiger partial charge is 0.369 e. The lowest BCUT2D eigenvalue weighted by Gasteiger charge is -2.15. The molecule has 1 unspecified atom stereocenters. The quantitative estimate of drug-likeness (QED) is 0.472. The van der Waals surface area contributed by atoms with Gasteiger partial charge in [-0.15, -0.1) is 0 Å². The van der Waals surface area contributed by atoms with Crippen molar-refractivity contribution in [1.29, 1.82) is 0 Å². The third kappa shape index (κ3) is 8.30. The zero-order valence-electron chi connectivity index (χ0n) is 19.0. The van der Waals surface area contributed by atoms with E-state index < -0.39 is 6.04 Å². The maximum Gasteiger partial charge on any atom is 0.256 e. The number of hydrogen-bond acceptors (Lipinski definition) is 8. The molecule has 0 aromatic carbocycles. The van der Waals surface area contributed by atoms with E-state index in [1.165, 1.54) is 0 Å². The molecule has 0 radical (unpaired) electrons. The fourth-order valence-electron chi connectivity index (χ4n) is 3.51. The van der Waals surface area contributed by atoms with Crippen molar-refractivity contribution in [3.8, 4) is 0 Å². The lowest BCUT2D eigenvalue weighted by molar-refractivity contribution is -0.122. The van der Waals surface area contributed by atoms with Crippen LogP contribution >= 0.6 is 0 Å². The van der Waals surface area contributed by atoms with Crippen molar-refractivity contribution in [1.82, 2.24) is 25.6 Å². The number of carbonyl (C=O) groups is 2.